The molecule has 0 N–H and O–H groups in total. The SMILES string of the molecule is CCCCCC/C=C/[C@@H](OC(=O)c1ccccc1)[C@H](N=[N+]=[N-])C(OC(C)(C)C)[SiH](C)C. The first-order valence-electron chi connectivity index (χ1n) is 11.3. The molecule has 0 aliphatic rings. The molecule has 0 radical (unpaired) electrons. The van der Waals surface area contributed by atoms with Gasteiger partial charge in [-0.3, -0.25) is 0 Å². The smallest absolute Gasteiger partial charge is 0.338 e. The first kappa shape index (κ1) is 27.0. The van der Waals surface area contributed by atoms with Crippen molar-refractivity contribution < 1.29 is 14.3 Å². The summed E-state index contributed by atoms with van der Waals surface area (Å²) in [6.07, 6.45) is 8.77. The Bertz CT molecular complexity index is 725. The fraction of sp³-hybridized carbons (Fsp3) is 0.625. The molecular formula is C24H39N3O3Si. The number of hydrogen-bond donors (Lipinski definition) is 0. The molecule has 0 saturated heterocycles. The minimum Gasteiger partial charge on any atom is -0.454 e. The van der Waals surface area contributed by atoms with Gasteiger partial charge in [0, 0.05) is 4.91 Å². The maximum Gasteiger partial charge on any atom is 0.338 e. The highest BCUT2D eigenvalue weighted by atomic mass is 28.3. The van der Waals surface area contributed by atoms with Crippen LogP contribution in [-0.4, -0.2) is 38.2 Å². The van der Waals surface area contributed by atoms with Crippen LogP contribution in [0.3, 0.4) is 0 Å². The molecule has 172 valence electrons. The number of benzene rings is 1. The summed E-state index contributed by atoms with van der Waals surface area (Å²) in [7, 11) is -1.42. The molecule has 0 heterocycles. The largest absolute Gasteiger partial charge is 0.454 e. The number of hydrogen-bond acceptors (Lipinski definition) is 4. The Hall–Kier alpha value is -2.08. The Morgan fingerprint density at radius 1 is 1.19 bits per heavy atom. The number of rotatable bonds is 13. The number of esters is 1. The summed E-state index contributed by atoms with van der Waals surface area (Å²) in [5.74, 6) is -0.431. The number of nitrogens with zero attached hydrogens (tertiary/aromatic N) is 3. The standard InChI is InChI=1S/C24H39N3O3Si/c1-7-8-9-10-11-15-18-20(29-22(28)19-16-13-12-14-17-19)21(26-27-25)23(31(5)6)30-24(2,3)4/h12-18,20-21,23,31H,7-11H2,1-6H3/b18-15+/t20-,21+,23?/m1/s1. The van der Waals surface area contributed by atoms with E-state index in [1.54, 1.807) is 24.3 Å². The lowest BCUT2D eigenvalue weighted by Gasteiger charge is -2.36. The summed E-state index contributed by atoms with van der Waals surface area (Å²) in [6, 6.07) is 8.27. The average Bonchev–Trinajstić information content (AvgIpc) is 2.72. The Kier molecular flexibility index (Phi) is 12.2. The third-order valence-electron chi connectivity index (χ3n) is 4.81. The molecule has 0 amide bonds. The van der Waals surface area contributed by atoms with Crippen molar-refractivity contribution in [2.45, 2.75) is 96.4 Å². The average molecular weight is 446 g/mol. The quantitative estimate of drug-likeness (QED) is 0.0649. The number of ether oxygens (including phenoxy) is 2. The van der Waals surface area contributed by atoms with Gasteiger partial charge in [0.15, 0.2) is 0 Å². The van der Waals surface area contributed by atoms with E-state index >= 15 is 0 Å². The maximum atomic E-state index is 12.8. The molecular weight excluding hydrogens is 406 g/mol. The molecule has 1 aromatic carbocycles. The van der Waals surface area contributed by atoms with Crippen molar-refractivity contribution in [1.29, 1.82) is 0 Å². The highest BCUT2D eigenvalue weighted by molar-refractivity contribution is 6.57. The third-order valence-corrected chi connectivity index (χ3v) is 6.65. The minimum atomic E-state index is -1.42. The molecule has 0 aliphatic carbocycles. The number of carbonyl (C=O) groups excluding carboxylic acids is 1. The van der Waals surface area contributed by atoms with E-state index in [9.17, 15) is 10.3 Å². The van der Waals surface area contributed by atoms with E-state index in [0.717, 1.165) is 12.8 Å². The molecule has 0 fully saturated rings. The molecule has 31 heavy (non-hydrogen) atoms. The maximum absolute atomic E-state index is 12.8. The van der Waals surface area contributed by atoms with E-state index in [1.165, 1.54) is 19.3 Å². The van der Waals surface area contributed by atoms with Gasteiger partial charge in [-0.05, 0) is 57.4 Å². The van der Waals surface area contributed by atoms with Gasteiger partial charge in [-0.15, -0.1) is 0 Å². The summed E-state index contributed by atoms with van der Waals surface area (Å²) >= 11 is 0. The fourth-order valence-electron chi connectivity index (χ4n) is 3.29. The van der Waals surface area contributed by atoms with E-state index in [1.807, 2.05) is 39.0 Å². The van der Waals surface area contributed by atoms with Crippen LogP contribution in [-0.2, 0) is 9.47 Å². The van der Waals surface area contributed by atoms with Crippen molar-refractivity contribution in [3.8, 4) is 0 Å². The molecule has 1 rings (SSSR count). The van der Waals surface area contributed by atoms with Crippen LogP contribution in [0.1, 0.15) is 70.2 Å². The molecule has 3 atom stereocenters. The molecule has 0 aliphatic heterocycles. The van der Waals surface area contributed by atoms with Gasteiger partial charge in [-0.2, -0.15) is 0 Å². The lowest BCUT2D eigenvalue weighted by molar-refractivity contribution is -0.0509. The van der Waals surface area contributed by atoms with Gasteiger partial charge in [-0.1, -0.05) is 68.7 Å². The van der Waals surface area contributed by atoms with E-state index in [-0.39, 0.29) is 5.73 Å². The Labute approximate surface area is 189 Å². The van der Waals surface area contributed by atoms with Crippen LogP contribution < -0.4 is 0 Å². The van der Waals surface area contributed by atoms with Crippen molar-refractivity contribution in [2.75, 3.05) is 0 Å². The lowest BCUT2D eigenvalue weighted by atomic mass is 10.1. The van der Waals surface area contributed by atoms with Gasteiger partial charge in [-0.25, -0.2) is 4.79 Å². The Morgan fingerprint density at radius 2 is 1.87 bits per heavy atom. The molecule has 1 unspecified atom stereocenters. The first-order valence-corrected chi connectivity index (χ1v) is 14.3. The Morgan fingerprint density at radius 3 is 2.42 bits per heavy atom. The molecule has 1 aromatic rings. The lowest BCUT2D eigenvalue weighted by Crippen LogP contribution is -2.49. The van der Waals surface area contributed by atoms with Crippen molar-refractivity contribution in [1.82, 2.24) is 0 Å². The third kappa shape index (κ3) is 10.7. The van der Waals surface area contributed by atoms with Gasteiger partial charge in [0.25, 0.3) is 0 Å². The van der Waals surface area contributed by atoms with Crippen LogP contribution in [0.2, 0.25) is 13.1 Å². The van der Waals surface area contributed by atoms with Crippen LogP contribution in [0.5, 0.6) is 0 Å². The van der Waals surface area contributed by atoms with E-state index in [4.69, 9.17) is 9.47 Å². The minimum absolute atomic E-state index is 0.269. The first-order chi connectivity index (χ1) is 14.7. The second-order valence-electron chi connectivity index (χ2n) is 9.15. The van der Waals surface area contributed by atoms with Crippen molar-refractivity contribution in [3.05, 3.63) is 58.5 Å². The molecule has 0 spiro atoms. The predicted octanol–water partition coefficient (Wildman–Crippen LogP) is 6.63. The van der Waals surface area contributed by atoms with E-state index < -0.39 is 32.5 Å². The summed E-state index contributed by atoms with van der Waals surface area (Å²) in [6.45, 7) is 12.4. The Balaban J connectivity index is 3.16. The summed E-state index contributed by atoms with van der Waals surface area (Å²) < 4.78 is 12.2. The molecule has 0 aromatic heterocycles. The highest BCUT2D eigenvalue weighted by Gasteiger charge is 2.36. The second kappa shape index (κ2) is 14.1. The van der Waals surface area contributed by atoms with E-state index in [0.29, 0.717) is 5.56 Å². The van der Waals surface area contributed by atoms with Gasteiger partial charge >= 0.3 is 5.97 Å². The van der Waals surface area contributed by atoms with Crippen LogP contribution in [0.15, 0.2) is 47.6 Å². The molecule has 7 heteroatoms. The zero-order chi connectivity index (χ0) is 23.3. The number of azide groups is 1. The van der Waals surface area contributed by atoms with Crippen LogP contribution >= 0.6 is 0 Å². The molecule has 0 saturated carbocycles. The van der Waals surface area contributed by atoms with Crippen LogP contribution in [0.4, 0.5) is 0 Å². The summed E-state index contributed by atoms with van der Waals surface area (Å²) in [4.78, 5) is 15.9. The van der Waals surface area contributed by atoms with Crippen LogP contribution in [0, 0.1) is 0 Å². The molecule has 6 nitrogen and oxygen atoms in total. The monoisotopic (exact) mass is 445 g/mol. The number of allylic oxidation sites excluding steroid dienone is 1. The topological polar surface area (TPSA) is 84.3 Å². The van der Waals surface area contributed by atoms with Gasteiger partial charge in [0.2, 0.25) is 0 Å². The molecule has 0 bridgehead atoms. The van der Waals surface area contributed by atoms with E-state index in [2.05, 4.69) is 30.0 Å². The predicted molar refractivity (Wildman–Crippen MR) is 130 cm³/mol. The van der Waals surface area contributed by atoms with Crippen molar-refractivity contribution in [3.63, 3.8) is 0 Å². The zero-order valence-electron chi connectivity index (χ0n) is 20.0. The number of carbonyl (C=O) groups is 1. The second-order valence-corrected chi connectivity index (χ2v) is 12.3. The van der Waals surface area contributed by atoms with Crippen molar-refractivity contribution >= 4 is 14.8 Å². The zero-order valence-corrected chi connectivity index (χ0v) is 21.1. The van der Waals surface area contributed by atoms with Crippen LogP contribution in [0.25, 0.3) is 10.4 Å². The highest BCUT2D eigenvalue weighted by Crippen LogP contribution is 2.23. The fourth-order valence-corrected chi connectivity index (χ4v) is 5.06. The number of unbranched alkanes of at least 4 members (excludes halogenated alkanes) is 4. The van der Waals surface area contributed by atoms with Gasteiger partial charge in [0.1, 0.15) is 12.1 Å². The normalized spacial score (nSPS) is 14.8. The summed E-state index contributed by atoms with van der Waals surface area (Å²) in [5, 5.41) is 4.07. The summed E-state index contributed by atoms with van der Waals surface area (Å²) in [5.41, 5.74) is 9.09. The van der Waals surface area contributed by atoms with Gasteiger partial charge in [0.05, 0.1) is 25.7 Å². The van der Waals surface area contributed by atoms with Gasteiger partial charge < -0.3 is 9.47 Å². The van der Waals surface area contributed by atoms with Crippen molar-refractivity contribution in [2.24, 2.45) is 5.11 Å².